The molecular formula is C43H50. The highest BCUT2D eigenvalue weighted by atomic mass is 14.6. The molecule has 0 radical (unpaired) electrons. The zero-order chi connectivity index (χ0) is 29.4. The van der Waals surface area contributed by atoms with Gasteiger partial charge in [0.2, 0.25) is 0 Å². The van der Waals surface area contributed by atoms with Crippen molar-refractivity contribution in [3.05, 3.63) is 117 Å². The number of rotatable bonds is 4. The molecule has 0 heteroatoms. The normalized spacial score (nSPS) is 29.1. The van der Waals surface area contributed by atoms with Crippen molar-refractivity contribution in [2.24, 2.45) is 35.5 Å². The second kappa shape index (κ2) is 10.6. The molecule has 0 amide bonds. The van der Waals surface area contributed by atoms with Crippen molar-refractivity contribution in [1.82, 2.24) is 0 Å². The highest BCUT2D eigenvalue weighted by Gasteiger charge is 2.54. The first kappa shape index (κ1) is 27.7. The molecule has 1 fully saturated rings. The molecule has 4 aromatic rings. The molecular weight excluding hydrogens is 516 g/mol. The second-order valence-corrected chi connectivity index (χ2v) is 15.2. The molecule has 0 saturated heterocycles. The first-order valence-corrected chi connectivity index (χ1v) is 17.7. The maximum atomic E-state index is 2.56. The third kappa shape index (κ3) is 4.22. The van der Waals surface area contributed by atoms with Crippen LogP contribution < -0.4 is 0 Å². The molecule has 4 aliphatic carbocycles. The molecule has 0 nitrogen and oxygen atoms in total. The van der Waals surface area contributed by atoms with Gasteiger partial charge >= 0.3 is 0 Å². The monoisotopic (exact) mass is 566 g/mol. The van der Waals surface area contributed by atoms with Gasteiger partial charge in [-0.05, 0) is 161 Å². The summed E-state index contributed by atoms with van der Waals surface area (Å²) >= 11 is 0. The minimum Gasteiger partial charge on any atom is -0.0648 e. The van der Waals surface area contributed by atoms with Crippen molar-refractivity contribution in [2.75, 3.05) is 0 Å². The summed E-state index contributed by atoms with van der Waals surface area (Å²) in [6, 6.07) is 26.5. The van der Waals surface area contributed by atoms with Gasteiger partial charge in [0.1, 0.15) is 0 Å². The van der Waals surface area contributed by atoms with Gasteiger partial charge in [-0.1, -0.05) is 100.0 Å². The lowest BCUT2D eigenvalue weighted by molar-refractivity contribution is -0.0213. The van der Waals surface area contributed by atoms with Crippen LogP contribution >= 0.6 is 0 Å². The number of hydrogen-bond acceptors (Lipinski definition) is 0. The van der Waals surface area contributed by atoms with Gasteiger partial charge in [0, 0.05) is 0 Å². The van der Waals surface area contributed by atoms with Crippen molar-refractivity contribution < 1.29 is 0 Å². The lowest BCUT2D eigenvalue weighted by atomic mass is 9.46. The van der Waals surface area contributed by atoms with Crippen LogP contribution in [-0.2, 0) is 38.5 Å². The van der Waals surface area contributed by atoms with Crippen molar-refractivity contribution in [3.63, 3.8) is 0 Å². The largest absolute Gasteiger partial charge is 0.0648 e. The zero-order valence-electron chi connectivity index (χ0n) is 27.1. The van der Waals surface area contributed by atoms with E-state index in [-0.39, 0.29) is 0 Å². The highest BCUT2D eigenvalue weighted by molar-refractivity contribution is 5.95. The number of benzene rings is 4. The van der Waals surface area contributed by atoms with Gasteiger partial charge in [-0.2, -0.15) is 0 Å². The van der Waals surface area contributed by atoms with Gasteiger partial charge in [-0.15, -0.1) is 0 Å². The lowest BCUT2D eigenvalue weighted by Crippen LogP contribution is -2.52. The van der Waals surface area contributed by atoms with E-state index in [1.165, 1.54) is 56.9 Å². The van der Waals surface area contributed by atoms with Gasteiger partial charge in [-0.25, -0.2) is 0 Å². The number of fused-ring (bicyclic) bond motifs is 5. The van der Waals surface area contributed by atoms with E-state index in [0.29, 0.717) is 17.8 Å². The molecule has 0 bridgehead atoms. The third-order valence-corrected chi connectivity index (χ3v) is 12.9. The van der Waals surface area contributed by atoms with E-state index in [1.54, 1.807) is 55.3 Å². The highest BCUT2D eigenvalue weighted by Crippen LogP contribution is 2.60. The molecule has 0 heterocycles. The van der Waals surface area contributed by atoms with E-state index in [0.717, 1.165) is 29.6 Å². The van der Waals surface area contributed by atoms with Gasteiger partial charge in [-0.3, -0.25) is 0 Å². The first-order chi connectivity index (χ1) is 21.0. The van der Waals surface area contributed by atoms with Crippen LogP contribution in [0.3, 0.4) is 0 Å². The molecule has 0 N–H and O–H groups in total. The van der Waals surface area contributed by atoms with Gasteiger partial charge in [0.25, 0.3) is 0 Å². The molecule has 4 aliphatic rings. The Morgan fingerprint density at radius 3 is 2.12 bits per heavy atom. The lowest BCUT2D eigenvalue weighted by Gasteiger charge is -2.58. The van der Waals surface area contributed by atoms with Crippen molar-refractivity contribution >= 4 is 10.8 Å². The molecule has 7 unspecified atom stereocenters. The predicted octanol–water partition coefficient (Wildman–Crippen LogP) is 10.6. The Bertz CT molecular complexity index is 1690. The fourth-order valence-electron chi connectivity index (χ4n) is 11.4. The summed E-state index contributed by atoms with van der Waals surface area (Å²) in [5.74, 6) is 5.80. The Morgan fingerprint density at radius 2 is 1.40 bits per heavy atom. The maximum absolute atomic E-state index is 2.56. The molecule has 1 saturated carbocycles. The van der Waals surface area contributed by atoms with Crippen LogP contribution in [0.2, 0.25) is 0 Å². The van der Waals surface area contributed by atoms with E-state index < -0.39 is 0 Å². The zero-order valence-corrected chi connectivity index (χ0v) is 27.1. The predicted molar refractivity (Wildman–Crippen MR) is 182 cm³/mol. The van der Waals surface area contributed by atoms with Crippen LogP contribution in [0.5, 0.6) is 0 Å². The molecule has 8 rings (SSSR count). The van der Waals surface area contributed by atoms with E-state index in [4.69, 9.17) is 0 Å². The van der Waals surface area contributed by atoms with Crippen molar-refractivity contribution in [3.8, 4) is 0 Å². The van der Waals surface area contributed by atoms with Crippen LogP contribution in [0.25, 0.3) is 10.8 Å². The van der Waals surface area contributed by atoms with Crippen LogP contribution in [0, 0.1) is 42.4 Å². The minimum absolute atomic E-state index is 0.630. The van der Waals surface area contributed by atoms with Gasteiger partial charge in [0.15, 0.2) is 0 Å². The van der Waals surface area contributed by atoms with E-state index in [9.17, 15) is 0 Å². The first-order valence-electron chi connectivity index (χ1n) is 17.7. The molecule has 7 atom stereocenters. The van der Waals surface area contributed by atoms with Crippen molar-refractivity contribution in [2.45, 2.75) is 97.8 Å². The maximum Gasteiger partial charge on any atom is -0.00931 e. The van der Waals surface area contributed by atoms with Gasteiger partial charge < -0.3 is 0 Å². The van der Waals surface area contributed by atoms with Crippen LogP contribution in [0.1, 0.15) is 102 Å². The van der Waals surface area contributed by atoms with Crippen LogP contribution in [0.15, 0.2) is 66.7 Å². The standard InChI is InChI=1S/C43H50/c1-6-27-18-19-28-15-11-17-33-35-24-39-38(23-34(35)32(7-2)42(27)43(28)33)40(25(3)4)36-21-29-13-8-9-14-30(29)22-37(36)41(39)31-16-10-12-26(5)20-31/h8-17,20,25,27,36-41H,6-7,18-19,21-24H2,1-5H3. The molecule has 222 valence electrons. The Kier molecular flexibility index (Phi) is 6.85. The summed E-state index contributed by atoms with van der Waals surface area (Å²) in [6.07, 6.45) is 10.1. The summed E-state index contributed by atoms with van der Waals surface area (Å²) in [6.45, 7) is 12.3. The summed E-state index contributed by atoms with van der Waals surface area (Å²) in [4.78, 5) is 0. The quantitative estimate of drug-likeness (QED) is 0.230. The fourth-order valence-corrected chi connectivity index (χ4v) is 11.4. The molecule has 0 aromatic heterocycles. The summed E-state index contributed by atoms with van der Waals surface area (Å²) < 4.78 is 0. The Hall–Kier alpha value is -2.86. The Balaban J connectivity index is 1.36. The third-order valence-electron chi connectivity index (χ3n) is 12.9. The van der Waals surface area contributed by atoms with Gasteiger partial charge in [0.05, 0.1) is 0 Å². The smallest absolute Gasteiger partial charge is 0.00931 e. The fraction of sp³-hybridized carbons (Fsp3) is 0.488. The van der Waals surface area contributed by atoms with E-state index >= 15 is 0 Å². The summed E-state index contributed by atoms with van der Waals surface area (Å²) in [7, 11) is 0. The Morgan fingerprint density at radius 1 is 0.721 bits per heavy atom. The summed E-state index contributed by atoms with van der Waals surface area (Å²) in [5, 5.41) is 3.29. The average molecular weight is 567 g/mol. The summed E-state index contributed by atoms with van der Waals surface area (Å²) in [5.41, 5.74) is 15.0. The minimum atomic E-state index is 0.630. The molecule has 43 heavy (non-hydrogen) atoms. The molecule has 4 aromatic carbocycles. The number of aryl methyl sites for hydroxylation is 2. The average Bonchev–Trinajstić information content (AvgIpc) is 3.02. The molecule has 0 spiro atoms. The van der Waals surface area contributed by atoms with Crippen LogP contribution in [0.4, 0.5) is 0 Å². The second-order valence-electron chi connectivity index (χ2n) is 15.2. The van der Waals surface area contributed by atoms with E-state index in [1.807, 2.05) is 0 Å². The number of hydrogen-bond donors (Lipinski definition) is 0. The molecule has 0 aliphatic heterocycles. The van der Waals surface area contributed by atoms with Crippen LogP contribution in [-0.4, -0.2) is 0 Å². The Labute approximate surface area is 260 Å². The topological polar surface area (TPSA) is 0 Å². The SMILES string of the molecule is CCc1c2c(c3cccc4c3c1C(CC)CC4)CC1C(C2)C(C(C)C)C2Cc3ccccc3CC2C1c1cccc(C)c1. The van der Waals surface area contributed by atoms with E-state index in [2.05, 4.69) is 101 Å². The van der Waals surface area contributed by atoms with Crippen molar-refractivity contribution in [1.29, 1.82) is 0 Å².